The maximum Gasteiger partial charge on any atom is 0.407 e. The number of fused-ring (bicyclic) bond motifs is 3. The fraction of sp³-hybridized carbons (Fsp3) is 0.179. The van der Waals surface area contributed by atoms with Gasteiger partial charge in [0.05, 0.1) is 28.5 Å². The Hall–Kier alpha value is -3.97. The first kappa shape index (κ1) is 22.8. The number of carbonyl (C=O) groups excluding carboxylic acids is 1. The zero-order valence-electron chi connectivity index (χ0n) is 19.1. The van der Waals surface area contributed by atoms with Crippen LogP contribution in [0.15, 0.2) is 78.3 Å². The van der Waals surface area contributed by atoms with E-state index in [2.05, 4.69) is 34.6 Å². The quantitative estimate of drug-likeness (QED) is 0.327. The molecular formula is C28H24N2O4S. The van der Waals surface area contributed by atoms with Gasteiger partial charge in [0.1, 0.15) is 6.61 Å². The summed E-state index contributed by atoms with van der Waals surface area (Å²) in [7, 11) is 0. The van der Waals surface area contributed by atoms with Gasteiger partial charge in [-0.15, -0.1) is 11.3 Å². The second-order valence-corrected chi connectivity index (χ2v) is 9.36. The Kier molecular flexibility index (Phi) is 6.33. The topological polar surface area (TPSA) is 88.5 Å². The Morgan fingerprint density at radius 2 is 1.63 bits per heavy atom. The zero-order chi connectivity index (χ0) is 24.4. The number of carbonyl (C=O) groups is 2. The number of alkyl carbamates (subject to hydrolysis) is 1. The molecule has 176 valence electrons. The lowest BCUT2D eigenvalue weighted by atomic mass is 9.98. The number of ether oxygens (including phenoxy) is 1. The first-order valence-electron chi connectivity index (χ1n) is 11.3. The van der Waals surface area contributed by atoms with Crippen LogP contribution in [0.5, 0.6) is 0 Å². The minimum Gasteiger partial charge on any atom is -0.481 e. The fourth-order valence-electron chi connectivity index (χ4n) is 4.65. The number of thiazole rings is 1. The van der Waals surface area contributed by atoms with E-state index < -0.39 is 18.1 Å². The van der Waals surface area contributed by atoms with Crippen LogP contribution < -0.4 is 5.32 Å². The summed E-state index contributed by atoms with van der Waals surface area (Å²) in [5.41, 5.74) is 8.99. The normalized spacial score (nSPS) is 13.1. The van der Waals surface area contributed by atoms with Gasteiger partial charge in [0.25, 0.3) is 0 Å². The predicted molar refractivity (Wildman–Crippen MR) is 135 cm³/mol. The number of rotatable bonds is 7. The molecular weight excluding hydrogens is 460 g/mol. The highest BCUT2D eigenvalue weighted by Crippen LogP contribution is 2.44. The first-order valence-corrected chi connectivity index (χ1v) is 12.2. The molecule has 0 bridgehead atoms. The lowest BCUT2D eigenvalue weighted by Gasteiger charge is -2.19. The lowest BCUT2D eigenvalue weighted by Crippen LogP contribution is -2.31. The van der Waals surface area contributed by atoms with Crippen LogP contribution in [0.3, 0.4) is 0 Å². The van der Waals surface area contributed by atoms with Gasteiger partial charge in [-0.2, -0.15) is 0 Å². The van der Waals surface area contributed by atoms with Gasteiger partial charge >= 0.3 is 12.1 Å². The number of aryl methyl sites for hydroxylation is 1. The number of carboxylic acid groups (broad SMARTS) is 1. The maximum absolute atomic E-state index is 12.8. The van der Waals surface area contributed by atoms with Crippen molar-refractivity contribution in [3.05, 3.63) is 101 Å². The van der Waals surface area contributed by atoms with Crippen molar-refractivity contribution in [1.29, 1.82) is 0 Å². The van der Waals surface area contributed by atoms with Crippen LogP contribution in [-0.2, 0) is 9.53 Å². The van der Waals surface area contributed by atoms with Crippen LogP contribution in [0, 0.1) is 6.92 Å². The molecule has 35 heavy (non-hydrogen) atoms. The van der Waals surface area contributed by atoms with Crippen molar-refractivity contribution >= 4 is 23.4 Å². The fourth-order valence-corrected chi connectivity index (χ4v) is 5.47. The minimum absolute atomic E-state index is 0.0620. The van der Waals surface area contributed by atoms with Crippen LogP contribution in [0.1, 0.15) is 40.8 Å². The van der Waals surface area contributed by atoms with Crippen LogP contribution in [0.2, 0.25) is 0 Å². The highest BCUT2D eigenvalue weighted by atomic mass is 32.1. The van der Waals surface area contributed by atoms with Crippen LogP contribution in [0.4, 0.5) is 4.79 Å². The van der Waals surface area contributed by atoms with Crippen molar-refractivity contribution in [1.82, 2.24) is 10.3 Å². The second kappa shape index (κ2) is 9.72. The van der Waals surface area contributed by atoms with Crippen molar-refractivity contribution in [3.63, 3.8) is 0 Å². The summed E-state index contributed by atoms with van der Waals surface area (Å²) < 4.78 is 5.62. The van der Waals surface area contributed by atoms with Crippen molar-refractivity contribution in [3.8, 4) is 21.6 Å². The molecule has 0 fully saturated rings. The molecule has 5 rings (SSSR count). The maximum atomic E-state index is 12.8. The van der Waals surface area contributed by atoms with E-state index >= 15 is 0 Å². The number of amides is 1. The summed E-state index contributed by atoms with van der Waals surface area (Å²) in [6.07, 6.45) is -0.885. The molecule has 1 amide bonds. The molecule has 0 aliphatic heterocycles. The third kappa shape index (κ3) is 4.68. The molecule has 1 atom stereocenters. The van der Waals surface area contributed by atoms with Gasteiger partial charge in [0.15, 0.2) is 0 Å². The predicted octanol–water partition coefficient (Wildman–Crippen LogP) is 6.17. The van der Waals surface area contributed by atoms with Gasteiger partial charge in [0, 0.05) is 5.92 Å². The Bertz CT molecular complexity index is 1330. The van der Waals surface area contributed by atoms with E-state index in [1.54, 1.807) is 16.8 Å². The van der Waals surface area contributed by atoms with Gasteiger partial charge in [-0.1, -0.05) is 72.8 Å². The van der Waals surface area contributed by atoms with E-state index in [0.717, 1.165) is 38.4 Å². The summed E-state index contributed by atoms with van der Waals surface area (Å²) in [5, 5.41) is 12.2. The second-order valence-electron chi connectivity index (χ2n) is 8.51. The highest BCUT2D eigenvalue weighted by Gasteiger charge is 2.29. The molecule has 0 saturated heterocycles. The molecule has 2 N–H and O–H groups in total. The molecule has 0 unspecified atom stereocenters. The molecule has 0 saturated carbocycles. The monoisotopic (exact) mass is 484 g/mol. The van der Waals surface area contributed by atoms with E-state index in [-0.39, 0.29) is 18.9 Å². The van der Waals surface area contributed by atoms with Gasteiger partial charge in [-0.05, 0) is 40.3 Å². The average molecular weight is 485 g/mol. The Morgan fingerprint density at radius 1 is 1.00 bits per heavy atom. The summed E-state index contributed by atoms with van der Waals surface area (Å²) >= 11 is 1.55. The Morgan fingerprint density at radius 3 is 2.20 bits per heavy atom. The Balaban J connectivity index is 1.29. The van der Waals surface area contributed by atoms with Crippen molar-refractivity contribution in [2.75, 3.05) is 6.61 Å². The van der Waals surface area contributed by atoms with Crippen LogP contribution >= 0.6 is 11.3 Å². The SMILES string of the molecule is Cc1ncsc1-c1ccc([C@H](CC(=O)O)NC(=O)OCC2c3ccccc3-c3ccccc32)cc1. The molecule has 0 radical (unpaired) electrons. The average Bonchev–Trinajstić information content (AvgIpc) is 3.43. The zero-order valence-corrected chi connectivity index (χ0v) is 19.9. The van der Waals surface area contributed by atoms with E-state index in [1.807, 2.05) is 55.5 Å². The van der Waals surface area contributed by atoms with Crippen molar-refractivity contribution < 1.29 is 19.4 Å². The number of hydrogen-bond donors (Lipinski definition) is 2. The van der Waals surface area contributed by atoms with Gasteiger partial charge < -0.3 is 15.2 Å². The summed E-state index contributed by atoms with van der Waals surface area (Å²) in [5.74, 6) is -1.07. The van der Waals surface area contributed by atoms with E-state index in [0.29, 0.717) is 5.56 Å². The van der Waals surface area contributed by atoms with Gasteiger partial charge in [0.2, 0.25) is 0 Å². The molecule has 1 aromatic heterocycles. The summed E-state index contributed by atoms with van der Waals surface area (Å²) in [6, 6.07) is 23.1. The van der Waals surface area contributed by atoms with Crippen molar-refractivity contribution in [2.45, 2.75) is 25.3 Å². The molecule has 1 aliphatic carbocycles. The lowest BCUT2D eigenvalue weighted by molar-refractivity contribution is -0.137. The van der Waals surface area contributed by atoms with Crippen LogP contribution in [0.25, 0.3) is 21.6 Å². The van der Waals surface area contributed by atoms with E-state index in [9.17, 15) is 14.7 Å². The molecule has 6 nitrogen and oxygen atoms in total. The molecule has 7 heteroatoms. The van der Waals surface area contributed by atoms with Crippen LogP contribution in [-0.4, -0.2) is 28.8 Å². The number of aliphatic carboxylic acids is 1. The molecule has 4 aromatic rings. The third-order valence-corrected chi connectivity index (χ3v) is 7.31. The number of aromatic nitrogens is 1. The van der Waals surface area contributed by atoms with Gasteiger partial charge in [-0.3, -0.25) is 4.79 Å². The smallest absolute Gasteiger partial charge is 0.407 e. The minimum atomic E-state index is -1.00. The number of hydrogen-bond acceptors (Lipinski definition) is 5. The van der Waals surface area contributed by atoms with E-state index in [1.165, 1.54) is 0 Å². The number of nitrogens with zero attached hydrogens (tertiary/aromatic N) is 1. The Labute approximate surface area is 207 Å². The largest absolute Gasteiger partial charge is 0.481 e. The number of benzene rings is 3. The summed E-state index contributed by atoms with van der Waals surface area (Å²) in [6.45, 7) is 2.12. The van der Waals surface area contributed by atoms with Gasteiger partial charge in [-0.25, -0.2) is 9.78 Å². The molecule has 1 heterocycles. The summed E-state index contributed by atoms with van der Waals surface area (Å²) in [4.78, 5) is 29.6. The molecule has 3 aromatic carbocycles. The first-order chi connectivity index (χ1) is 17.0. The molecule has 0 spiro atoms. The third-order valence-electron chi connectivity index (χ3n) is 6.34. The highest BCUT2D eigenvalue weighted by molar-refractivity contribution is 7.13. The molecule has 1 aliphatic rings. The van der Waals surface area contributed by atoms with E-state index in [4.69, 9.17) is 4.74 Å². The van der Waals surface area contributed by atoms with Crippen molar-refractivity contribution in [2.24, 2.45) is 0 Å². The number of nitrogens with one attached hydrogen (secondary N) is 1. The number of carboxylic acids is 1. The standard InChI is InChI=1S/C28H24N2O4S/c1-17-27(35-16-29-17)19-12-10-18(11-13-19)25(14-26(31)32)30-28(33)34-15-24-22-8-4-2-6-20(22)21-7-3-5-9-23(21)24/h2-13,16,24-25H,14-15H2,1H3,(H,30,33)(H,31,32)/t25-/m0/s1.